The van der Waals surface area contributed by atoms with E-state index in [9.17, 15) is 10.2 Å². The maximum atomic E-state index is 9.26. The lowest BCUT2D eigenvalue weighted by Crippen LogP contribution is -2.42. The van der Waals surface area contributed by atoms with Gasteiger partial charge in [0.25, 0.3) is 0 Å². The predicted octanol–water partition coefficient (Wildman–Crippen LogP) is 0.195. The average Bonchev–Trinajstić information content (AvgIpc) is 2.39. The number of nitrogens with two attached hydrogens (primary N) is 1. The molecule has 0 radical (unpaired) electrons. The summed E-state index contributed by atoms with van der Waals surface area (Å²) in [5, 5.41) is 21.5. The fraction of sp³-hybridized carbons (Fsp3) is 0.500. The molecule has 0 spiro atoms. The zero-order chi connectivity index (χ0) is 13.2. The lowest BCUT2D eigenvalue weighted by molar-refractivity contribution is 0.147. The maximum absolute atomic E-state index is 9.26. The van der Waals surface area contributed by atoms with Crippen LogP contribution in [0.15, 0.2) is 12.1 Å². The van der Waals surface area contributed by atoms with Gasteiger partial charge in [-0.05, 0) is 6.92 Å². The Kier molecular flexibility index (Phi) is 3.49. The number of ether oxygens (including phenoxy) is 2. The first-order chi connectivity index (χ1) is 8.58. The van der Waals surface area contributed by atoms with E-state index < -0.39 is 5.54 Å². The van der Waals surface area contributed by atoms with Crippen molar-refractivity contribution >= 4 is 11.4 Å². The second-order valence-corrected chi connectivity index (χ2v) is 4.59. The molecule has 100 valence electrons. The van der Waals surface area contributed by atoms with Gasteiger partial charge in [-0.1, -0.05) is 0 Å². The van der Waals surface area contributed by atoms with Crippen LogP contribution >= 0.6 is 0 Å². The van der Waals surface area contributed by atoms with E-state index in [0.29, 0.717) is 36.1 Å². The summed E-state index contributed by atoms with van der Waals surface area (Å²) in [6, 6.07) is 3.39. The number of nitrogen functional groups attached to an aromatic ring is 1. The first-order valence-corrected chi connectivity index (χ1v) is 5.77. The summed E-state index contributed by atoms with van der Waals surface area (Å²) in [4.78, 5) is 0. The van der Waals surface area contributed by atoms with Crippen LogP contribution < -0.4 is 20.5 Å². The monoisotopic (exact) mass is 254 g/mol. The Morgan fingerprint density at radius 2 is 1.78 bits per heavy atom. The van der Waals surface area contributed by atoms with Gasteiger partial charge in [-0.25, -0.2) is 0 Å². The van der Waals surface area contributed by atoms with Crippen molar-refractivity contribution in [1.29, 1.82) is 0 Å². The molecule has 0 atom stereocenters. The predicted molar refractivity (Wildman–Crippen MR) is 68.0 cm³/mol. The van der Waals surface area contributed by atoms with Crippen LogP contribution in [0.1, 0.15) is 6.92 Å². The molecule has 6 heteroatoms. The van der Waals surface area contributed by atoms with Crippen LogP contribution in [0.4, 0.5) is 11.4 Å². The summed E-state index contributed by atoms with van der Waals surface area (Å²) >= 11 is 0. The van der Waals surface area contributed by atoms with Crippen molar-refractivity contribution in [3.8, 4) is 11.5 Å². The molecule has 0 fully saturated rings. The molecule has 1 aromatic rings. The highest BCUT2D eigenvalue weighted by Crippen LogP contribution is 2.37. The van der Waals surface area contributed by atoms with Gasteiger partial charge in [0.05, 0.1) is 30.1 Å². The van der Waals surface area contributed by atoms with Gasteiger partial charge in [-0.2, -0.15) is 0 Å². The molecule has 18 heavy (non-hydrogen) atoms. The van der Waals surface area contributed by atoms with Crippen LogP contribution in [0.2, 0.25) is 0 Å². The van der Waals surface area contributed by atoms with E-state index in [1.165, 1.54) is 0 Å². The quantitative estimate of drug-likeness (QED) is 0.573. The lowest BCUT2D eigenvalue weighted by atomic mass is 10.0. The van der Waals surface area contributed by atoms with Gasteiger partial charge >= 0.3 is 0 Å². The molecule has 0 bridgehead atoms. The van der Waals surface area contributed by atoms with Gasteiger partial charge in [-0.3, -0.25) is 0 Å². The number of benzene rings is 1. The Morgan fingerprint density at radius 1 is 1.22 bits per heavy atom. The van der Waals surface area contributed by atoms with Crippen molar-refractivity contribution in [2.24, 2.45) is 0 Å². The highest BCUT2D eigenvalue weighted by atomic mass is 16.6. The van der Waals surface area contributed by atoms with Crippen molar-refractivity contribution in [2.45, 2.75) is 12.5 Å². The van der Waals surface area contributed by atoms with Gasteiger partial charge in [0.15, 0.2) is 11.5 Å². The molecule has 6 nitrogen and oxygen atoms in total. The molecule has 1 aromatic carbocycles. The normalized spacial score (nSPS) is 14.4. The van der Waals surface area contributed by atoms with Crippen LogP contribution in [0.3, 0.4) is 0 Å². The molecule has 1 aliphatic heterocycles. The number of fused-ring (bicyclic) bond motifs is 1. The molecule has 1 heterocycles. The van der Waals surface area contributed by atoms with Crippen molar-refractivity contribution in [3.05, 3.63) is 12.1 Å². The van der Waals surface area contributed by atoms with E-state index in [-0.39, 0.29) is 13.2 Å². The van der Waals surface area contributed by atoms with Crippen LogP contribution in [0.5, 0.6) is 11.5 Å². The Hall–Kier alpha value is -1.66. The minimum Gasteiger partial charge on any atom is -0.486 e. The number of anilines is 2. The van der Waals surface area contributed by atoms with Gasteiger partial charge < -0.3 is 30.7 Å². The topological polar surface area (TPSA) is 97.0 Å². The number of hydrogen-bond donors (Lipinski definition) is 4. The molecule has 0 unspecified atom stereocenters. The minimum atomic E-state index is -0.835. The van der Waals surface area contributed by atoms with E-state index in [0.717, 1.165) is 0 Å². The molecular weight excluding hydrogens is 236 g/mol. The standard InChI is InChI=1S/C12H18N2O4/c1-12(6-15,7-16)14-9-5-11-10(4-8(9)13)17-2-3-18-11/h4-5,14-16H,2-3,6-7,13H2,1H3. The molecule has 0 saturated carbocycles. The Balaban J connectivity index is 2.28. The third-order valence-corrected chi connectivity index (χ3v) is 2.85. The van der Waals surface area contributed by atoms with Crippen LogP contribution in [0, 0.1) is 0 Å². The first kappa shape index (κ1) is 12.8. The summed E-state index contributed by atoms with van der Waals surface area (Å²) in [5.74, 6) is 1.22. The second kappa shape index (κ2) is 4.91. The molecule has 2 rings (SSSR count). The van der Waals surface area contributed by atoms with Crippen LogP contribution in [-0.4, -0.2) is 42.2 Å². The van der Waals surface area contributed by atoms with Crippen molar-refractivity contribution in [2.75, 3.05) is 37.5 Å². The molecule has 0 aliphatic carbocycles. The third-order valence-electron chi connectivity index (χ3n) is 2.85. The number of nitrogens with one attached hydrogen (secondary N) is 1. The molecule has 1 aliphatic rings. The third kappa shape index (κ3) is 2.44. The molecule has 0 aromatic heterocycles. The number of aliphatic hydroxyl groups excluding tert-OH is 2. The fourth-order valence-electron chi connectivity index (χ4n) is 1.67. The average molecular weight is 254 g/mol. The Bertz CT molecular complexity index is 432. The van der Waals surface area contributed by atoms with E-state index in [1.807, 2.05) is 0 Å². The largest absolute Gasteiger partial charge is 0.486 e. The molecular formula is C12H18N2O4. The smallest absolute Gasteiger partial charge is 0.163 e. The second-order valence-electron chi connectivity index (χ2n) is 4.59. The Labute approximate surface area is 105 Å². The van der Waals surface area contributed by atoms with E-state index in [2.05, 4.69) is 5.32 Å². The van der Waals surface area contributed by atoms with Crippen molar-refractivity contribution in [1.82, 2.24) is 0 Å². The molecule has 0 amide bonds. The van der Waals surface area contributed by atoms with Gasteiger partial charge in [0, 0.05) is 12.1 Å². The highest BCUT2D eigenvalue weighted by Gasteiger charge is 2.24. The zero-order valence-electron chi connectivity index (χ0n) is 10.3. The van der Waals surface area contributed by atoms with Gasteiger partial charge in [0.1, 0.15) is 13.2 Å². The first-order valence-electron chi connectivity index (χ1n) is 5.77. The summed E-state index contributed by atoms with van der Waals surface area (Å²) < 4.78 is 10.9. The molecule has 5 N–H and O–H groups in total. The van der Waals surface area contributed by atoms with Crippen molar-refractivity contribution < 1.29 is 19.7 Å². The fourth-order valence-corrected chi connectivity index (χ4v) is 1.67. The SMILES string of the molecule is CC(CO)(CO)Nc1cc2c(cc1N)OCCO2. The van der Waals surface area contributed by atoms with E-state index >= 15 is 0 Å². The summed E-state index contributed by atoms with van der Waals surface area (Å²) in [6.45, 7) is 2.27. The van der Waals surface area contributed by atoms with Gasteiger partial charge in [-0.15, -0.1) is 0 Å². The van der Waals surface area contributed by atoms with Gasteiger partial charge in [0.2, 0.25) is 0 Å². The zero-order valence-corrected chi connectivity index (χ0v) is 10.3. The maximum Gasteiger partial charge on any atom is 0.163 e. The molecule has 0 saturated heterocycles. The van der Waals surface area contributed by atoms with Crippen molar-refractivity contribution in [3.63, 3.8) is 0 Å². The summed E-state index contributed by atoms with van der Waals surface area (Å²) in [7, 11) is 0. The number of rotatable bonds is 4. The minimum absolute atomic E-state index is 0.211. The number of aliphatic hydroxyl groups is 2. The Morgan fingerprint density at radius 3 is 2.33 bits per heavy atom. The lowest BCUT2D eigenvalue weighted by Gasteiger charge is -2.29. The summed E-state index contributed by atoms with van der Waals surface area (Å²) in [6.07, 6.45) is 0. The van der Waals surface area contributed by atoms with Crippen LogP contribution in [0.25, 0.3) is 0 Å². The summed E-state index contributed by atoms with van der Waals surface area (Å²) in [5.41, 5.74) is 6.15. The van der Waals surface area contributed by atoms with Crippen LogP contribution in [-0.2, 0) is 0 Å². The van der Waals surface area contributed by atoms with E-state index in [1.54, 1.807) is 19.1 Å². The van der Waals surface area contributed by atoms with E-state index in [4.69, 9.17) is 15.2 Å². The number of hydrogen-bond acceptors (Lipinski definition) is 6. The highest BCUT2D eigenvalue weighted by molar-refractivity contribution is 5.72.